The molecule has 0 amide bonds. The van der Waals surface area contributed by atoms with Gasteiger partial charge in [-0.15, -0.1) is 24.0 Å². The number of benzene rings is 1. The van der Waals surface area contributed by atoms with Crippen molar-refractivity contribution in [1.82, 2.24) is 10.6 Å². The second-order valence-corrected chi connectivity index (χ2v) is 7.31. The number of ether oxygens (including phenoxy) is 2. The third kappa shape index (κ3) is 7.49. The molecule has 1 fully saturated rings. The normalized spacial score (nSPS) is 15.9. The van der Waals surface area contributed by atoms with Crippen molar-refractivity contribution in [2.24, 2.45) is 10.4 Å². The van der Waals surface area contributed by atoms with Crippen molar-refractivity contribution in [3.05, 3.63) is 29.3 Å². The van der Waals surface area contributed by atoms with Crippen LogP contribution >= 0.6 is 24.0 Å². The van der Waals surface area contributed by atoms with Crippen LogP contribution in [0, 0.1) is 12.3 Å². The van der Waals surface area contributed by atoms with Crippen LogP contribution in [0.5, 0.6) is 5.75 Å². The Kier molecular flexibility index (Phi) is 11.1. The topological polar surface area (TPSA) is 54.9 Å². The maximum Gasteiger partial charge on any atom is 0.191 e. The van der Waals surface area contributed by atoms with E-state index in [2.05, 4.69) is 42.7 Å². The van der Waals surface area contributed by atoms with Crippen LogP contribution < -0.4 is 15.4 Å². The summed E-state index contributed by atoms with van der Waals surface area (Å²) in [5.41, 5.74) is 2.64. The molecule has 0 bridgehead atoms. The first-order valence-corrected chi connectivity index (χ1v) is 9.77. The summed E-state index contributed by atoms with van der Waals surface area (Å²) in [5.74, 6) is 1.77. The first-order chi connectivity index (χ1) is 12.6. The van der Waals surface area contributed by atoms with Crippen LogP contribution in [0.15, 0.2) is 23.2 Å². The fourth-order valence-electron chi connectivity index (χ4n) is 3.72. The predicted molar refractivity (Wildman–Crippen MR) is 123 cm³/mol. The van der Waals surface area contributed by atoms with Crippen molar-refractivity contribution in [1.29, 1.82) is 0 Å². The van der Waals surface area contributed by atoms with E-state index in [-0.39, 0.29) is 24.0 Å². The Morgan fingerprint density at radius 1 is 1.19 bits per heavy atom. The molecule has 1 aliphatic rings. The molecule has 0 saturated heterocycles. The van der Waals surface area contributed by atoms with Gasteiger partial charge in [0, 0.05) is 32.4 Å². The maximum absolute atomic E-state index is 5.50. The average Bonchev–Trinajstić information content (AvgIpc) is 3.12. The lowest BCUT2D eigenvalue weighted by molar-refractivity contribution is 0.138. The number of halogens is 1. The third-order valence-electron chi connectivity index (χ3n) is 5.33. The molecule has 0 spiro atoms. The highest BCUT2D eigenvalue weighted by molar-refractivity contribution is 14.0. The highest BCUT2D eigenvalue weighted by Gasteiger charge is 2.33. The van der Waals surface area contributed by atoms with Crippen LogP contribution in [0.1, 0.15) is 50.2 Å². The molecule has 1 aliphatic carbocycles. The number of nitrogens with zero attached hydrogens (tertiary/aromatic N) is 1. The molecule has 0 atom stereocenters. The molecule has 154 valence electrons. The second-order valence-electron chi connectivity index (χ2n) is 7.31. The van der Waals surface area contributed by atoms with E-state index in [0.717, 1.165) is 43.4 Å². The van der Waals surface area contributed by atoms with Gasteiger partial charge in [0.05, 0.1) is 13.7 Å². The largest absolute Gasteiger partial charge is 0.496 e. The van der Waals surface area contributed by atoms with Gasteiger partial charge in [-0.2, -0.15) is 0 Å². The Hall–Kier alpha value is -1.02. The number of hydrogen-bond donors (Lipinski definition) is 2. The van der Waals surface area contributed by atoms with Gasteiger partial charge in [-0.05, 0) is 50.2 Å². The van der Waals surface area contributed by atoms with Crippen LogP contribution in [-0.4, -0.2) is 39.9 Å². The van der Waals surface area contributed by atoms with Crippen LogP contribution in [0.4, 0.5) is 0 Å². The summed E-state index contributed by atoms with van der Waals surface area (Å²) in [7, 11) is 3.50. The predicted octanol–water partition coefficient (Wildman–Crippen LogP) is 4.27. The molecule has 0 heterocycles. The van der Waals surface area contributed by atoms with Gasteiger partial charge >= 0.3 is 0 Å². The fourth-order valence-corrected chi connectivity index (χ4v) is 3.72. The van der Waals surface area contributed by atoms with Gasteiger partial charge in [0.25, 0.3) is 0 Å². The summed E-state index contributed by atoms with van der Waals surface area (Å²) < 4.78 is 10.8. The number of aliphatic imine (C=N–C) groups is 1. The molecular weight excluding hydrogens is 453 g/mol. The minimum atomic E-state index is 0. The highest BCUT2D eigenvalue weighted by Crippen LogP contribution is 2.40. The van der Waals surface area contributed by atoms with Crippen LogP contribution in [0.2, 0.25) is 0 Å². The lowest BCUT2D eigenvalue weighted by Gasteiger charge is -2.30. The van der Waals surface area contributed by atoms with Gasteiger partial charge in [-0.25, -0.2) is 4.99 Å². The van der Waals surface area contributed by atoms with Crippen LogP contribution in [-0.2, 0) is 11.3 Å². The third-order valence-corrected chi connectivity index (χ3v) is 5.33. The summed E-state index contributed by atoms with van der Waals surface area (Å²) in [6.45, 7) is 7.40. The minimum Gasteiger partial charge on any atom is -0.496 e. The van der Waals surface area contributed by atoms with Gasteiger partial charge in [-0.1, -0.05) is 25.0 Å². The zero-order valence-corrected chi connectivity index (χ0v) is 19.6. The lowest BCUT2D eigenvalue weighted by Crippen LogP contribution is -2.43. The Morgan fingerprint density at radius 2 is 1.93 bits per heavy atom. The summed E-state index contributed by atoms with van der Waals surface area (Å²) >= 11 is 0. The van der Waals surface area contributed by atoms with Gasteiger partial charge in [0.2, 0.25) is 0 Å². The Morgan fingerprint density at radius 3 is 2.56 bits per heavy atom. The van der Waals surface area contributed by atoms with Gasteiger partial charge < -0.3 is 20.1 Å². The molecule has 1 aromatic rings. The lowest BCUT2D eigenvalue weighted by atomic mass is 9.83. The van der Waals surface area contributed by atoms with Crippen molar-refractivity contribution in [3.8, 4) is 5.75 Å². The molecule has 0 aliphatic heterocycles. The molecule has 0 unspecified atom stereocenters. The van der Waals surface area contributed by atoms with E-state index in [1.165, 1.54) is 31.2 Å². The van der Waals surface area contributed by atoms with Crippen molar-refractivity contribution in [2.75, 3.05) is 33.9 Å². The first kappa shape index (κ1) is 24.0. The highest BCUT2D eigenvalue weighted by atomic mass is 127. The van der Waals surface area contributed by atoms with Crippen LogP contribution in [0.25, 0.3) is 0 Å². The molecule has 1 saturated carbocycles. The molecular formula is C21H36IN3O2. The molecule has 0 radical (unpaired) electrons. The molecule has 1 aromatic carbocycles. The monoisotopic (exact) mass is 489 g/mol. The summed E-state index contributed by atoms with van der Waals surface area (Å²) in [4.78, 5) is 4.78. The van der Waals surface area contributed by atoms with E-state index in [9.17, 15) is 0 Å². The summed E-state index contributed by atoms with van der Waals surface area (Å²) in [6, 6.07) is 6.26. The van der Waals surface area contributed by atoms with E-state index < -0.39 is 0 Å². The molecule has 6 heteroatoms. The van der Waals surface area contributed by atoms with Crippen molar-refractivity contribution in [3.63, 3.8) is 0 Å². The second kappa shape index (κ2) is 12.4. The van der Waals surface area contributed by atoms with E-state index in [0.29, 0.717) is 12.0 Å². The number of hydrogen-bond acceptors (Lipinski definition) is 3. The van der Waals surface area contributed by atoms with Crippen molar-refractivity contribution >= 4 is 29.9 Å². The zero-order valence-electron chi connectivity index (χ0n) is 17.3. The Balaban J connectivity index is 0.00000364. The molecule has 27 heavy (non-hydrogen) atoms. The standard InChI is InChI=1S/C21H35N3O2.HI/c1-5-22-20(23-15-18-9-8-17(2)14-19(18)26-4)24-16-21(12-13-25-3)10-6-7-11-21;/h8-9,14H,5-7,10-13,15-16H2,1-4H3,(H2,22,23,24);1H. The fraction of sp³-hybridized carbons (Fsp3) is 0.667. The van der Waals surface area contributed by atoms with Crippen molar-refractivity contribution < 1.29 is 9.47 Å². The van der Waals surface area contributed by atoms with Crippen molar-refractivity contribution in [2.45, 2.75) is 52.5 Å². The van der Waals surface area contributed by atoms with Gasteiger partial charge in [0.15, 0.2) is 5.96 Å². The quantitative estimate of drug-likeness (QED) is 0.309. The summed E-state index contributed by atoms with van der Waals surface area (Å²) in [5, 5.41) is 6.94. The molecule has 0 aromatic heterocycles. The summed E-state index contributed by atoms with van der Waals surface area (Å²) in [6.07, 6.45) is 6.30. The number of rotatable bonds is 9. The van der Waals surface area contributed by atoms with E-state index in [1.54, 1.807) is 14.2 Å². The number of nitrogens with one attached hydrogen (secondary N) is 2. The van der Waals surface area contributed by atoms with Crippen LogP contribution in [0.3, 0.4) is 0 Å². The Labute approximate surface area is 181 Å². The minimum absolute atomic E-state index is 0. The molecule has 2 rings (SSSR count). The maximum atomic E-state index is 5.50. The molecule has 5 nitrogen and oxygen atoms in total. The van der Waals surface area contributed by atoms with E-state index in [4.69, 9.17) is 14.5 Å². The number of aryl methyl sites for hydroxylation is 1. The number of methoxy groups -OCH3 is 2. The van der Waals surface area contributed by atoms with Gasteiger partial charge in [-0.3, -0.25) is 0 Å². The molecule has 2 N–H and O–H groups in total. The first-order valence-electron chi connectivity index (χ1n) is 9.77. The average molecular weight is 489 g/mol. The zero-order chi connectivity index (χ0) is 18.8. The van der Waals surface area contributed by atoms with Gasteiger partial charge in [0.1, 0.15) is 5.75 Å². The van der Waals surface area contributed by atoms with E-state index >= 15 is 0 Å². The smallest absolute Gasteiger partial charge is 0.191 e. The SMILES string of the molecule is CCNC(=NCc1ccc(C)cc1OC)NCC1(CCOC)CCCC1.I. The number of guanidine groups is 1. The van der Waals surface area contributed by atoms with E-state index in [1.807, 2.05) is 0 Å². The Bertz CT molecular complexity index is 587.